The van der Waals surface area contributed by atoms with Crippen molar-refractivity contribution >= 4 is 17.2 Å². The largest absolute Gasteiger partial charge is 0.420 e. The van der Waals surface area contributed by atoms with Gasteiger partial charge in [-0.1, -0.05) is 0 Å². The number of nitrogens with zero attached hydrogens (tertiary/aromatic N) is 3. The summed E-state index contributed by atoms with van der Waals surface area (Å²) in [6.45, 7) is 3.63. The molecule has 2 saturated heterocycles. The normalized spacial score (nSPS) is 21.9. The summed E-state index contributed by atoms with van der Waals surface area (Å²) < 4.78 is 11.4. The predicted molar refractivity (Wildman–Crippen MR) is 98.0 cm³/mol. The lowest BCUT2D eigenvalue weighted by atomic mass is 9.97. The van der Waals surface area contributed by atoms with Crippen molar-refractivity contribution in [1.82, 2.24) is 20.4 Å². The predicted octanol–water partition coefficient (Wildman–Crippen LogP) is 2.27. The first kappa shape index (κ1) is 17.6. The Labute approximate surface area is 156 Å². The van der Waals surface area contributed by atoms with E-state index in [1.165, 1.54) is 0 Å². The summed E-state index contributed by atoms with van der Waals surface area (Å²) in [6.07, 6.45) is 4.20. The van der Waals surface area contributed by atoms with Gasteiger partial charge in [-0.15, -0.1) is 10.2 Å². The van der Waals surface area contributed by atoms with Crippen molar-refractivity contribution in [2.24, 2.45) is 0 Å². The standard InChI is InChI=1S/C18H24N4O3S/c23-16(19-10-15-2-1-8-24-15)11-22-6-3-13(4-7-22)17-20-21-18(25-17)14-5-9-26-12-14/h5,9,12-13,15H,1-4,6-8,10-11H2,(H,19,23). The van der Waals surface area contributed by atoms with Crippen LogP contribution in [0.25, 0.3) is 11.5 Å². The molecule has 0 spiro atoms. The van der Waals surface area contributed by atoms with Crippen LogP contribution < -0.4 is 5.32 Å². The maximum Gasteiger partial charge on any atom is 0.248 e. The lowest BCUT2D eigenvalue weighted by Gasteiger charge is -2.29. The topological polar surface area (TPSA) is 80.5 Å². The Morgan fingerprint density at radius 1 is 1.31 bits per heavy atom. The van der Waals surface area contributed by atoms with Crippen molar-refractivity contribution in [2.75, 3.05) is 32.8 Å². The molecule has 1 unspecified atom stereocenters. The lowest BCUT2D eigenvalue weighted by Crippen LogP contribution is -2.43. The minimum Gasteiger partial charge on any atom is -0.420 e. The lowest BCUT2D eigenvalue weighted by molar-refractivity contribution is -0.123. The first-order valence-corrected chi connectivity index (χ1v) is 10.2. The van der Waals surface area contributed by atoms with Gasteiger partial charge in [0.15, 0.2) is 0 Å². The SMILES string of the molecule is O=C(CN1CCC(c2nnc(-c3ccsc3)o2)CC1)NCC1CCCO1. The first-order chi connectivity index (χ1) is 12.8. The summed E-state index contributed by atoms with van der Waals surface area (Å²) >= 11 is 1.62. The van der Waals surface area contributed by atoms with Crippen LogP contribution in [0.3, 0.4) is 0 Å². The van der Waals surface area contributed by atoms with Crippen LogP contribution in [-0.2, 0) is 9.53 Å². The van der Waals surface area contributed by atoms with Crippen molar-refractivity contribution in [3.63, 3.8) is 0 Å². The van der Waals surface area contributed by atoms with Gasteiger partial charge in [0.2, 0.25) is 17.7 Å². The van der Waals surface area contributed by atoms with Crippen molar-refractivity contribution in [1.29, 1.82) is 0 Å². The molecule has 4 rings (SSSR count). The van der Waals surface area contributed by atoms with Gasteiger partial charge in [0.25, 0.3) is 0 Å². The minimum atomic E-state index is 0.0801. The molecule has 2 aromatic rings. The molecule has 0 bridgehead atoms. The second kappa shape index (κ2) is 8.28. The van der Waals surface area contributed by atoms with Gasteiger partial charge in [-0.2, -0.15) is 11.3 Å². The monoisotopic (exact) mass is 376 g/mol. The summed E-state index contributed by atoms with van der Waals surface area (Å²) in [6, 6.07) is 1.99. The Bertz CT molecular complexity index is 704. The smallest absolute Gasteiger partial charge is 0.248 e. The van der Waals surface area contributed by atoms with Gasteiger partial charge < -0.3 is 14.5 Å². The van der Waals surface area contributed by atoms with Gasteiger partial charge in [0.1, 0.15) is 0 Å². The zero-order valence-corrected chi connectivity index (χ0v) is 15.5. The third-order valence-electron chi connectivity index (χ3n) is 5.06. The second-order valence-electron chi connectivity index (χ2n) is 6.95. The summed E-state index contributed by atoms with van der Waals surface area (Å²) in [5.41, 5.74) is 0.981. The number of piperidine rings is 1. The van der Waals surface area contributed by atoms with Crippen LogP contribution in [0, 0.1) is 0 Å². The number of hydrogen-bond donors (Lipinski definition) is 1. The van der Waals surface area contributed by atoms with Gasteiger partial charge in [0, 0.05) is 30.0 Å². The Hall–Kier alpha value is -1.77. The van der Waals surface area contributed by atoms with E-state index < -0.39 is 0 Å². The fourth-order valence-corrected chi connectivity index (χ4v) is 4.16. The molecule has 0 radical (unpaired) electrons. The van der Waals surface area contributed by atoms with E-state index in [1.54, 1.807) is 11.3 Å². The highest BCUT2D eigenvalue weighted by atomic mass is 32.1. The number of carbonyl (C=O) groups is 1. The Morgan fingerprint density at radius 2 is 2.19 bits per heavy atom. The maximum atomic E-state index is 12.1. The van der Waals surface area contributed by atoms with Crippen molar-refractivity contribution in [2.45, 2.75) is 37.7 Å². The van der Waals surface area contributed by atoms with Crippen LogP contribution in [-0.4, -0.2) is 59.9 Å². The summed E-state index contributed by atoms with van der Waals surface area (Å²) in [7, 11) is 0. The third-order valence-corrected chi connectivity index (χ3v) is 5.75. The number of thiophene rings is 1. The van der Waals surface area contributed by atoms with E-state index in [-0.39, 0.29) is 17.9 Å². The highest BCUT2D eigenvalue weighted by molar-refractivity contribution is 7.08. The fraction of sp³-hybridized carbons (Fsp3) is 0.611. The number of hydrogen-bond acceptors (Lipinski definition) is 7. The van der Waals surface area contributed by atoms with E-state index in [4.69, 9.17) is 9.15 Å². The van der Waals surface area contributed by atoms with E-state index >= 15 is 0 Å². The molecule has 2 fully saturated rings. The average Bonchev–Trinajstić information content (AvgIpc) is 3.42. The van der Waals surface area contributed by atoms with Gasteiger partial charge in [-0.05, 0) is 50.2 Å². The number of ether oxygens (including phenoxy) is 1. The summed E-state index contributed by atoms with van der Waals surface area (Å²) in [5.74, 6) is 1.67. The number of rotatable bonds is 6. The molecule has 2 aromatic heterocycles. The third kappa shape index (κ3) is 4.31. The van der Waals surface area contributed by atoms with E-state index in [9.17, 15) is 4.79 Å². The number of likely N-dealkylation sites (tertiary alicyclic amines) is 1. The Kier molecular flexibility index (Phi) is 5.62. The molecule has 26 heavy (non-hydrogen) atoms. The molecular formula is C18H24N4O3S. The first-order valence-electron chi connectivity index (χ1n) is 9.24. The number of nitrogens with one attached hydrogen (secondary N) is 1. The van der Waals surface area contributed by atoms with Crippen LogP contribution in [0.2, 0.25) is 0 Å². The van der Waals surface area contributed by atoms with Crippen LogP contribution in [0.5, 0.6) is 0 Å². The number of aromatic nitrogens is 2. The van der Waals surface area contributed by atoms with Crippen molar-refractivity contribution in [3.05, 3.63) is 22.7 Å². The molecule has 0 saturated carbocycles. The zero-order valence-electron chi connectivity index (χ0n) is 14.7. The second-order valence-corrected chi connectivity index (χ2v) is 7.73. The van der Waals surface area contributed by atoms with E-state index in [1.807, 2.05) is 16.8 Å². The van der Waals surface area contributed by atoms with E-state index in [2.05, 4.69) is 20.4 Å². The van der Waals surface area contributed by atoms with Gasteiger partial charge >= 0.3 is 0 Å². The summed E-state index contributed by atoms with van der Waals surface area (Å²) in [4.78, 5) is 14.3. The minimum absolute atomic E-state index is 0.0801. The van der Waals surface area contributed by atoms with E-state index in [0.29, 0.717) is 24.9 Å². The molecule has 0 aromatic carbocycles. The molecule has 1 atom stereocenters. The molecule has 4 heterocycles. The molecule has 1 N–H and O–H groups in total. The zero-order chi connectivity index (χ0) is 17.8. The van der Waals surface area contributed by atoms with Gasteiger partial charge in [-0.3, -0.25) is 9.69 Å². The van der Waals surface area contributed by atoms with Crippen LogP contribution in [0.1, 0.15) is 37.5 Å². The maximum absolute atomic E-state index is 12.1. The molecule has 2 aliphatic rings. The fourth-order valence-electron chi connectivity index (χ4n) is 3.53. The van der Waals surface area contributed by atoms with Crippen molar-refractivity contribution < 1.29 is 13.9 Å². The number of amides is 1. The number of carbonyl (C=O) groups excluding carboxylic acids is 1. The summed E-state index contributed by atoms with van der Waals surface area (Å²) in [5, 5.41) is 15.4. The van der Waals surface area contributed by atoms with Crippen LogP contribution in [0.4, 0.5) is 0 Å². The highest BCUT2D eigenvalue weighted by Gasteiger charge is 2.26. The van der Waals surface area contributed by atoms with E-state index in [0.717, 1.165) is 50.9 Å². The molecule has 8 heteroatoms. The Morgan fingerprint density at radius 3 is 2.92 bits per heavy atom. The van der Waals surface area contributed by atoms with Gasteiger partial charge in [0.05, 0.1) is 12.6 Å². The molecular weight excluding hydrogens is 352 g/mol. The van der Waals surface area contributed by atoms with Crippen LogP contribution >= 0.6 is 11.3 Å². The molecule has 140 valence electrons. The Balaban J connectivity index is 1.22. The molecule has 7 nitrogen and oxygen atoms in total. The van der Waals surface area contributed by atoms with Crippen molar-refractivity contribution in [3.8, 4) is 11.5 Å². The van der Waals surface area contributed by atoms with Gasteiger partial charge in [-0.25, -0.2) is 0 Å². The average molecular weight is 376 g/mol. The highest BCUT2D eigenvalue weighted by Crippen LogP contribution is 2.29. The quantitative estimate of drug-likeness (QED) is 0.833. The molecule has 0 aliphatic carbocycles. The molecule has 1 amide bonds. The van der Waals surface area contributed by atoms with Crippen LogP contribution in [0.15, 0.2) is 21.2 Å². The molecule has 2 aliphatic heterocycles.